The lowest BCUT2D eigenvalue weighted by atomic mass is 10.1. The van der Waals surface area contributed by atoms with E-state index in [4.69, 9.17) is 9.26 Å². The highest BCUT2D eigenvalue weighted by Crippen LogP contribution is 2.22. The van der Waals surface area contributed by atoms with Crippen LogP contribution in [0.1, 0.15) is 18.2 Å². The van der Waals surface area contributed by atoms with Crippen molar-refractivity contribution in [1.29, 1.82) is 0 Å². The molecule has 4 nitrogen and oxygen atoms in total. The van der Waals surface area contributed by atoms with Crippen LogP contribution in [0, 0.1) is 0 Å². The number of fused-ring (bicyclic) bond motifs is 1. The fraction of sp³-hybridized carbons (Fsp3) is 0.111. The zero-order chi connectivity index (χ0) is 15.4. The van der Waals surface area contributed by atoms with Crippen molar-refractivity contribution in [2.45, 2.75) is 6.92 Å². The van der Waals surface area contributed by atoms with Crippen LogP contribution in [0.25, 0.3) is 23.1 Å². The third kappa shape index (κ3) is 2.76. The smallest absolute Gasteiger partial charge is 0.224 e. The maximum absolute atomic E-state index is 11.8. The lowest BCUT2D eigenvalue weighted by Crippen LogP contribution is -1.93. The Hall–Kier alpha value is -2.88. The Morgan fingerprint density at radius 2 is 1.86 bits per heavy atom. The highest BCUT2D eigenvalue weighted by molar-refractivity contribution is 5.87. The molecule has 0 N–H and O–H groups in total. The van der Waals surface area contributed by atoms with Crippen LogP contribution in [-0.2, 0) is 0 Å². The van der Waals surface area contributed by atoms with Crippen molar-refractivity contribution >= 4 is 23.1 Å². The molecule has 3 aromatic rings. The first-order chi connectivity index (χ1) is 10.8. The van der Waals surface area contributed by atoms with E-state index in [1.165, 1.54) is 6.07 Å². The first-order valence-electron chi connectivity index (χ1n) is 7.08. The first-order valence-corrected chi connectivity index (χ1v) is 7.08. The molecule has 22 heavy (non-hydrogen) atoms. The van der Waals surface area contributed by atoms with Crippen LogP contribution in [0.5, 0.6) is 5.75 Å². The van der Waals surface area contributed by atoms with Gasteiger partial charge in [-0.1, -0.05) is 35.5 Å². The molecule has 0 aliphatic heterocycles. The monoisotopic (exact) mass is 293 g/mol. The van der Waals surface area contributed by atoms with Crippen LogP contribution in [0.3, 0.4) is 0 Å². The van der Waals surface area contributed by atoms with Gasteiger partial charge in [0, 0.05) is 5.56 Å². The zero-order valence-electron chi connectivity index (χ0n) is 12.2. The number of para-hydroxylation sites is 1. The van der Waals surface area contributed by atoms with Gasteiger partial charge in [0.1, 0.15) is 11.4 Å². The predicted octanol–water partition coefficient (Wildman–Crippen LogP) is 3.76. The molecular weight excluding hydrogens is 278 g/mol. The minimum absolute atomic E-state index is 0.179. The van der Waals surface area contributed by atoms with E-state index in [1.54, 1.807) is 12.1 Å². The fourth-order valence-corrected chi connectivity index (χ4v) is 2.21. The molecule has 0 atom stereocenters. The molecule has 0 spiro atoms. The Morgan fingerprint density at radius 1 is 1.09 bits per heavy atom. The second kappa shape index (κ2) is 6.26. The summed E-state index contributed by atoms with van der Waals surface area (Å²) >= 11 is 0. The van der Waals surface area contributed by atoms with E-state index in [-0.39, 0.29) is 11.0 Å². The van der Waals surface area contributed by atoms with Crippen molar-refractivity contribution in [1.82, 2.24) is 5.16 Å². The summed E-state index contributed by atoms with van der Waals surface area (Å²) in [5.74, 6) is 0.809. The van der Waals surface area contributed by atoms with Crippen molar-refractivity contribution in [3.05, 3.63) is 70.0 Å². The van der Waals surface area contributed by atoms with Gasteiger partial charge >= 0.3 is 0 Å². The SMILES string of the molecule is CCOc1ccccc1/C=C/c1noc2c(=O)ccccc12. The summed E-state index contributed by atoms with van der Waals surface area (Å²) in [6.07, 6.45) is 3.73. The minimum Gasteiger partial charge on any atom is -0.493 e. The largest absolute Gasteiger partial charge is 0.493 e. The van der Waals surface area contributed by atoms with Crippen molar-refractivity contribution in [2.75, 3.05) is 6.61 Å². The summed E-state index contributed by atoms with van der Waals surface area (Å²) in [4.78, 5) is 11.8. The quantitative estimate of drug-likeness (QED) is 0.735. The van der Waals surface area contributed by atoms with Gasteiger partial charge in [-0.3, -0.25) is 4.79 Å². The van der Waals surface area contributed by atoms with Crippen LogP contribution in [0.4, 0.5) is 0 Å². The van der Waals surface area contributed by atoms with Gasteiger partial charge < -0.3 is 9.26 Å². The number of hydrogen-bond acceptors (Lipinski definition) is 4. The minimum atomic E-state index is -0.179. The van der Waals surface area contributed by atoms with Gasteiger partial charge in [-0.05, 0) is 37.3 Å². The highest BCUT2D eigenvalue weighted by atomic mass is 16.5. The molecule has 0 saturated carbocycles. The van der Waals surface area contributed by atoms with Gasteiger partial charge in [-0.2, -0.15) is 0 Å². The normalized spacial score (nSPS) is 11.1. The van der Waals surface area contributed by atoms with Gasteiger partial charge in [0.25, 0.3) is 0 Å². The van der Waals surface area contributed by atoms with Crippen molar-refractivity contribution < 1.29 is 9.26 Å². The number of benzene rings is 1. The lowest BCUT2D eigenvalue weighted by Gasteiger charge is -2.05. The van der Waals surface area contributed by atoms with Crippen LogP contribution in [0.15, 0.2) is 57.8 Å². The summed E-state index contributed by atoms with van der Waals surface area (Å²) < 4.78 is 10.7. The summed E-state index contributed by atoms with van der Waals surface area (Å²) in [6.45, 7) is 2.55. The summed E-state index contributed by atoms with van der Waals surface area (Å²) in [6, 6.07) is 14.5. The molecule has 0 fully saturated rings. The predicted molar refractivity (Wildman–Crippen MR) is 86.8 cm³/mol. The molecule has 0 aliphatic rings. The molecule has 0 aliphatic carbocycles. The Balaban J connectivity index is 2.03. The van der Waals surface area contributed by atoms with Crippen LogP contribution in [-0.4, -0.2) is 11.8 Å². The molecule has 1 heterocycles. The van der Waals surface area contributed by atoms with Gasteiger partial charge in [-0.15, -0.1) is 0 Å². The maximum Gasteiger partial charge on any atom is 0.224 e. The molecule has 1 aromatic heterocycles. The fourth-order valence-electron chi connectivity index (χ4n) is 2.21. The first kappa shape index (κ1) is 14.1. The Kier molecular flexibility index (Phi) is 4.01. The van der Waals surface area contributed by atoms with Crippen molar-refractivity contribution in [3.8, 4) is 5.75 Å². The molecule has 3 rings (SSSR count). The second-order valence-corrected chi connectivity index (χ2v) is 4.70. The third-order valence-corrected chi connectivity index (χ3v) is 3.24. The lowest BCUT2D eigenvalue weighted by molar-refractivity contribution is 0.339. The van der Waals surface area contributed by atoms with E-state index in [0.29, 0.717) is 17.7 Å². The number of ether oxygens (including phenoxy) is 1. The molecule has 4 heteroatoms. The summed E-state index contributed by atoms with van der Waals surface area (Å²) in [7, 11) is 0. The molecule has 0 saturated heterocycles. The number of rotatable bonds is 4. The summed E-state index contributed by atoms with van der Waals surface area (Å²) in [5.41, 5.74) is 1.65. The molecule has 0 radical (unpaired) electrons. The zero-order valence-corrected chi connectivity index (χ0v) is 12.2. The standard InChI is InChI=1S/C18H15NO3/c1-2-21-17-10-6-3-7-13(17)11-12-15-14-8-4-5-9-16(20)18(14)22-19-15/h3-12H,2H2,1H3/b12-11+. The Bertz CT molecular complexity index is 881. The van der Waals surface area contributed by atoms with Crippen LogP contribution < -0.4 is 10.2 Å². The van der Waals surface area contributed by atoms with E-state index in [2.05, 4.69) is 5.16 Å². The van der Waals surface area contributed by atoms with Gasteiger partial charge in [0.05, 0.1) is 12.0 Å². The van der Waals surface area contributed by atoms with Gasteiger partial charge in [-0.25, -0.2) is 0 Å². The molecule has 0 unspecified atom stereocenters. The van der Waals surface area contributed by atoms with Crippen LogP contribution in [0.2, 0.25) is 0 Å². The topological polar surface area (TPSA) is 52.3 Å². The molecule has 0 bridgehead atoms. The van der Waals surface area contributed by atoms with Crippen LogP contribution >= 0.6 is 0 Å². The van der Waals surface area contributed by atoms with Crippen molar-refractivity contribution in [3.63, 3.8) is 0 Å². The van der Waals surface area contributed by atoms with E-state index in [1.807, 2.05) is 49.4 Å². The molecule has 0 amide bonds. The summed E-state index contributed by atoms with van der Waals surface area (Å²) in [5, 5.41) is 4.67. The average Bonchev–Trinajstić information content (AvgIpc) is 2.84. The van der Waals surface area contributed by atoms with E-state index >= 15 is 0 Å². The number of hydrogen-bond donors (Lipinski definition) is 0. The van der Waals surface area contributed by atoms with Crippen molar-refractivity contribution in [2.24, 2.45) is 0 Å². The number of nitrogens with zero attached hydrogens (tertiary/aromatic N) is 1. The maximum atomic E-state index is 11.8. The highest BCUT2D eigenvalue weighted by Gasteiger charge is 2.07. The van der Waals surface area contributed by atoms with Gasteiger partial charge in [0.15, 0.2) is 0 Å². The molecule has 2 aromatic carbocycles. The van der Waals surface area contributed by atoms with E-state index in [0.717, 1.165) is 11.3 Å². The Labute approximate surface area is 127 Å². The van der Waals surface area contributed by atoms with Gasteiger partial charge in [0.2, 0.25) is 11.0 Å². The molecule has 110 valence electrons. The number of aromatic nitrogens is 1. The average molecular weight is 293 g/mol. The van der Waals surface area contributed by atoms with E-state index in [9.17, 15) is 4.79 Å². The third-order valence-electron chi connectivity index (χ3n) is 3.24. The Morgan fingerprint density at radius 3 is 2.73 bits per heavy atom. The molecular formula is C18H15NO3. The second-order valence-electron chi connectivity index (χ2n) is 4.70. The van der Waals surface area contributed by atoms with E-state index < -0.39 is 0 Å².